The highest BCUT2D eigenvalue weighted by atomic mass is 16.8. The van der Waals surface area contributed by atoms with Crippen molar-refractivity contribution in [2.75, 3.05) is 13.7 Å². The first-order chi connectivity index (χ1) is 26.1. The number of benzene rings is 4. The monoisotopic (exact) mass is 726 g/mol. The molecule has 3 heterocycles. The summed E-state index contributed by atoms with van der Waals surface area (Å²) in [5.74, 6) is 0. The zero-order valence-electron chi connectivity index (χ0n) is 29.8. The molecule has 4 aromatic carbocycles. The molecule has 53 heavy (non-hydrogen) atoms. The Morgan fingerprint density at radius 2 is 0.925 bits per heavy atom. The van der Waals surface area contributed by atoms with Crippen LogP contribution in [0.2, 0.25) is 0 Å². The quantitative estimate of drug-likeness (QED) is 0.120. The third kappa shape index (κ3) is 9.50. The lowest BCUT2D eigenvalue weighted by atomic mass is 9.97. The van der Waals surface area contributed by atoms with Crippen molar-refractivity contribution < 1.29 is 52.2 Å². The Balaban J connectivity index is 1.15. The van der Waals surface area contributed by atoms with E-state index in [4.69, 9.17) is 47.4 Å². The van der Waals surface area contributed by atoms with Crippen LogP contribution in [-0.2, 0) is 73.8 Å². The Bertz CT molecular complexity index is 1680. The molecular weight excluding hydrogens is 680 g/mol. The maximum Gasteiger partial charge on any atom is 0.509 e. The number of hydrogen-bond donors (Lipinski definition) is 0. The largest absolute Gasteiger partial charge is 0.509 e. The molecule has 0 unspecified atom stereocenters. The van der Waals surface area contributed by atoms with Gasteiger partial charge in [0.05, 0.1) is 39.1 Å². The highest BCUT2D eigenvalue weighted by molar-refractivity contribution is 5.63. The lowest BCUT2D eigenvalue weighted by Crippen LogP contribution is -2.62. The Kier molecular flexibility index (Phi) is 12.8. The molecule has 0 saturated carbocycles. The molecule has 280 valence electrons. The summed E-state index contributed by atoms with van der Waals surface area (Å²) in [4.78, 5) is 12.3. The molecule has 7 rings (SSSR count). The summed E-state index contributed by atoms with van der Waals surface area (Å²) in [6.07, 6.45) is -7.88. The minimum atomic E-state index is -0.931. The number of fused-ring (bicyclic) bond motifs is 1. The van der Waals surface area contributed by atoms with E-state index in [1.807, 2.05) is 128 Å². The smallest absolute Gasteiger partial charge is 0.424 e. The molecular formula is C42H46O11. The third-order valence-corrected chi connectivity index (χ3v) is 9.58. The van der Waals surface area contributed by atoms with E-state index >= 15 is 0 Å². The number of hydrogen-bond acceptors (Lipinski definition) is 11. The van der Waals surface area contributed by atoms with Crippen LogP contribution in [-0.4, -0.2) is 81.3 Å². The third-order valence-electron chi connectivity index (χ3n) is 9.58. The van der Waals surface area contributed by atoms with E-state index in [1.54, 1.807) is 7.11 Å². The van der Waals surface area contributed by atoms with Crippen LogP contribution < -0.4 is 0 Å². The second kappa shape index (κ2) is 18.2. The van der Waals surface area contributed by atoms with Gasteiger partial charge in [-0.25, -0.2) is 4.79 Å². The van der Waals surface area contributed by atoms with Crippen LogP contribution in [0, 0.1) is 0 Å². The Hall–Kier alpha value is -4.17. The summed E-state index contributed by atoms with van der Waals surface area (Å²) in [5.41, 5.74) is 3.92. The first-order valence-corrected chi connectivity index (χ1v) is 18.0. The van der Waals surface area contributed by atoms with Crippen LogP contribution in [0.25, 0.3) is 0 Å². The van der Waals surface area contributed by atoms with Gasteiger partial charge < -0.3 is 47.4 Å². The summed E-state index contributed by atoms with van der Waals surface area (Å²) >= 11 is 0. The van der Waals surface area contributed by atoms with Gasteiger partial charge in [-0.15, -0.1) is 0 Å². The lowest BCUT2D eigenvalue weighted by molar-refractivity contribution is -0.338. The average molecular weight is 727 g/mol. The second-order valence-corrected chi connectivity index (χ2v) is 13.3. The summed E-state index contributed by atoms with van der Waals surface area (Å²) < 4.78 is 62.8. The number of carbonyl (C=O) groups excluding carboxylic acids is 1. The minimum Gasteiger partial charge on any atom is -0.424 e. The van der Waals surface area contributed by atoms with Crippen molar-refractivity contribution >= 4 is 6.16 Å². The van der Waals surface area contributed by atoms with Crippen molar-refractivity contribution in [3.05, 3.63) is 144 Å². The van der Waals surface area contributed by atoms with Gasteiger partial charge in [-0.2, -0.15) is 0 Å². The molecule has 0 spiro atoms. The van der Waals surface area contributed by atoms with Gasteiger partial charge in [0, 0.05) is 7.11 Å². The molecule has 3 aliphatic heterocycles. The topological polar surface area (TPSA) is 109 Å². The number of methoxy groups -OCH3 is 1. The van der Waals surface area contributed by atoms with Crippen LogP contribution in [0.4, 0.5) is 4.79 Å². The lowest BCUT2D eigenvalue weighted by Gasteiger charge is -2.46. The fourth-order valence-electron chi connectivity index (χ4n) is 6.86. The van der Waals surface area contributed by atoms with Crippen molar-refractivity contribution in [3.8, 4) is 0 Å². The van der Waals surface area contributed by atoms with Gasteiger partial charge in [-0.05, 0) is 29.2 Å². The molecule has 0 N–H and O–H groups in total. The molecule has 11 nitrogen and oxygen atoms in total. The van der Waals surface area contributed by atoms with Crippen molar-refractivity contribution in [2.24, 2.45) is 0 Å². The summed E-state index contributed by atoms with van der Waals surface area (Å²) in [5, 5.41) is 0. The maximum atomic E-state index is 12.3. The SMILES string of the molecule is CO[C@H]1O[C@H](CO[C@H]2O[C@@H](C)[C@@H]3OC(=O)O[C@H]3[C@H]2OCc2ccccc2)[C@@H](OCc2ccccc2)[C@H](OCc2ccccc2)[C@H]1OCc1ccccc1. The van der Waals surface area contributed by atoms with E-state index < -0.39 is 67.6 Å². The molecule has 0 aliphatic carbocycles. The van der Waals surface area contributed by atoms with E-state index in [2.05, 4.69) is 0 Å². The van der Waals surface area contributed by atoms with Gasteiger partial charge in [0.25, 0.3) is 0 Å². The molecule has 3 aliphatic rings. The molecule has 0 radical (unpaired) electrons. The van der Waals surface area contributed by atoms with Crippen LogP contribution in [0.15, 0.2) is 121 Å². The standard InChI is InChI=1S/C42H46O11/c1-28-34-37(53-42(43)52-34)39(48-26-32-21-13-6-14-22-32)41(50-28)49-27-33-35(45-23-29-15-7-3-8-16-29)36(46-24-30-17-9-4-10-18-30)38(40(44-2)51-33)47-25-31-19-11-5-12-20-31/h3-22,28,33-41H,23-27H2,1-2H3/t28-,33+,34-,35+,36-,37+,38+,39+,40-,41-/m0/s1. The zero-order chi connectivity index (χ0) is 36.4. The molecule has 3 fully saturated rings. The highest BCUT2D eigenvalue weighted by Gasteiger charge is 2.55. The van der Waals surface area contributed by atoms with Crippen LogP contribution in [0.1, 0.15) is 29.2 Å². The first-order valence-electron chi connectivity index (χ1n) is 18.0. The van der Waals surface area contributed by atoms with Gasteiger partial charge in [0.1, 0.15) is 30.5 Å². The number of ether oxygens (including phenoxy) is 10. The van der Waals surface area contributed by atoms with Crippen molar-refractivity contribution in [2.45, 2.75) is 94.8 Å². The summed E-state index contributed by atoms with van der Waals surface area (Å²) in [7, 11) is 1.58. The molecule has 4 aromatic rings. The molecule has 3 saturated heterocycles. The van der Waals surface area contributed by atoms with Crippen molar-refractivity contribution in [1.29, 1.82) is 0 Å². The first kappa shape index (κ1) is 37.2. The molecule has 0 amide bonds. The van der Waals surface area contributed by atoms with Crippen LogP contribution in [0.3, 0.4) is 0 Å². The van der Waals surface area contributed by atoms with Crippen molar-refractivity contribution in [1.82, 2.24) is 0 Å². The summed E-state index contributed by atoms with van der Waals surface area (Å²) in [6, 6.07) is 39.5. The fourth-order valence-corrected chi connectivity index (χ4v) is 6.86. The molecule has 0 aromatic heterocycles. The van der Waals surface area contributed by atoms with Gasteiger partial charge in [-0.3, -0.25) is 0 Å². The number of rotatable bonds is 16. The predicted octanol–water partition coefficient (Wildman–Crippen LogP) is 6.36. The highest BCUT2D eigenvalue weighted by Crippen LogP contribution is 2.35. The van der Waals surface area contributed by atoms with Crippen LogP contribution >= 0.6 is 0 Å². The molecule has 11 heteroatoms. The zero-order valence-corrected chi connectivity index (χ0v) is 29.8. The van der Waals surface area contributed by atoms with E-state index in [-0.39, 0.29) is 19.8 Å². The van der Waals surface area contributed by atoms with Gasteiger partial charge in [-0.1, -0.05) is 121 Å². The molecule has 10 atom stereocenters. The molecule has 0 bridgehead atoms. The Morgan fingerprint density at radius 1 is 0.491 bits per heavy atom. The average Bonchev–Trinajstić information content (AvgIpc) is 3.61. The van der Waals surface area contributed by atoms with Crippen molar-refractivity contribution in [3.63, 3.8) is 0 Å². The van der Waals surface area contributed by atoms with E-state index in [0.29, 0.717) is 13.2 Å². The van der Waals surface area contributed by atoms with Gasteiger partial charge in [0.15, 0.2) is 24.8 Å². The Morgan fingerprint density at radius 3 is 1.42 bits per heavy atom. The summed E-state index contributed by atoms with van der Waals surface area (Å²) in [6.45, 7) is 2.97. The van der Waals surface area contributed by atoms with Gasteiger partial charge in [0.2, 0.25) is 0 Å². The predicted molar refractivity (Wildman–Crippen MR) is 191 cm³/mol. The second-order valence-electron chi connectivity index (χ2n) is 13.3. The maximum absolute atomic E-state index is 12.3. The fraction of sp³-hybridized carbons (Fsp3) is 0.405. The Labute approximate surface area is 309 Å². The minimum absolute atomic E-state index is 0.00466. The normalized spacial score (nSPS) is 29.6. The van der Waals surface area contributed by atoms with E-state index in [9.17, 15) is 4.79 Å². The van der Waals surface area contributed by atoms with Crippen LogP contribution in [0.5, 0.6) is 0 Å². The van der Waals surface area contributed by atoms with E-state index in [1.165, 1.54) is 0 Å². The number of carbonyl (C=O) groups is 1. The van der Waals surface area contributed by atoms with Gasteiger partial charge >= 0.3 is 6.16 Å². The van der Waals surface area contributed by atoms with E-state index in [0.717, 1.165) is 22.3 Å².